The molecule has 0 saturated carbocycles. The van der Waals surface area contributed by atoms with Crippen molar-refractivity contribution >= 4 is 48.5 Å². The second-order valence-corrected chi connectivity index (χ2v) is 8.65. The molecular weight excluding hydrogens is 366 g/mol. The second kappa shape index (κ2) is 5.61. The van der Waals surface area contributed by atoms with Crippen LogP contribution in [0.1, 0.15) is 31.1 Å². The van der Waals surface area contributed by atoms with Crippen LogP contribution in [0.2, 0.25) is 0 Å². The third kappa shape index (κ3) is 3.32. The fourth-order valence-electron chi connectivity index (χ4n) is 2.20. The van der Waals surface area contributed by atoms with E-state index in [-0.39, 0.29) is 17.2 Å². The molecule has 0 bridgehead atoms. The number of rotatable bonds is 4. The molecule has 2 rings (SSSR count). The van der Waals surface area contributed by atoms with Crippen molar-refractivity contribution < 1.29 is 8.42 Å². The Morgan fingerprint density at radius 3 is 2.65 bits per heavy atom. The van der Waals surface area contributed by atoms with Gasteiger partial charge >= 0.3 is 0 Å². The van der Waals surface area contributed by atoms with E-state index < -0.39 is 9.84 Å². The molecule has 0 amide bonds. The fraction of sp³-hybridized carbons (Fsp3) is 0.500. The van der Waals surface area contributed by atoms with Crippen molar-refractivity contribution in [3.05, 3.63) is 22.6 Å². The number of sulfone groups is 1. The molecule has 2 unspecified atom stereocenters. The van der Waals surface area contributed by atoms with E-state index in [1.165, 1.54) is 6.26 Å². The maximum Gasteiger partial charge on any atom is 0.160 e. The first kappa shape index (κ1) is 15.7. The molecule has 0 fully saturated rings. The minimum absolute atomic E-state index is 0.0206. The Morgan fingerprint density at radius 2 is 2.10 bits per heavy atom. The molecule has 2 aromatic heterocycles. The molecule has 0 aliphatic carbocycles. The Labute approximate surface area is 131 Å². The van der Waals surface area contributed by atoms with Crippen molar-refractivity contribution in [1.29, 1.82) is 0 Å². The molecule has 2 atom stereocenters. The standard InChI is InChI=1S/C12H15BrClN3O2S/c1-7(6-20(3,18)19)17-11(8(2)14)16-10-4-9(13)5-15-12(10)17/h4-5,7-8H,6H2,1-3H3. The van der Waals surface area contributed by atoms with Gasteiger partial charge in [-0.2, -0.15) is 0 Å². The first-order valence-electron chi connectivity index (χ1n) is 6.04. The van der Waals surface area contributed by atoms with Crippen molar-refractivity contribution in [1.82, 2.24) is 14.5 Å². The number of nitrogens with zero attached hydrogens (tertiary/aromatic N) is 3. The quantitative estimate of drug-likeness (QED) is 0.765. The van der Waals surface area contributed by atoms with Crippen LogP contribution in [0.3, 0.4) is 0 Å². The van der Waals surface area contributed by atoms with Crippen LogP contribution >= 0.6 is 27.5 Å². The van der Waals surface area contributed by atoms with Crippen molar-refractivity contribution in [3.63, 3.8) is 0 Å². The summed E-state index contributed by atoms with van der Waals surface area (Å²) in [5.41, 5.74) is 1.34. The van der Waals surface area contributed by atoms with Crippen LogP contribution in [0.5, 0.6) is 0 Å². The average molecular weight is 381 g/mol. The van der Waals surface area contributed by atoms with E-state index in [9.17, 15) is 8.42 Å². The highest BCUT2D eigenvalue weighted by atomic mass is 79.9. The fourth-order valence-corrected chi connectivity index (χ4v) is 3.70. The summed E-state index contributed by atoms with van der Waals surface area (Å²) >= 11 is 9.51. The highest BCUT2D eigenvalue weighted by Crippen LogP contribution is 2.28. The number of halogens is 2. The van der Waals surface area contributed by atoms with Gasteiger partial charge in [-0.1, -0.05) is 0 Å². The van der Waals surface area contributed by atoms with Crippen molar-refractivity contribution in [2.75, 3.05) is 12.0 Å². The number of aromatic nitrogens is 3. The van der Waals surface area contributed by atoms with Crippen molar-refractivity contribution in [2.24, 2.45) is 0 Å². The van der Waals surface area contributed by atoms with Gasteiger partial charge < -0.3 is 4.57 Å². The van der Waals surface area contributed by atoms with E-state index in [0.717, 1.165) is 4.47 Å². The average Bonchev–Trinajstić information content (AvgIpc) is 2.64. The molecule has 0 spiro atoms. The van der Waals surface area contributed by atoms with E-state index in [1.807, 2.05) is 19.9 Å². The topological polar surface area (TPSA) is 64.8 Å². The summed E-state index contributed by atoms with van der Waals surface area (Å²) in [7, 11) is -3.10. The lowest BCUT2D eigenvalue weighted by molar-refractivity contribution is 0.553. The second-order valence-electron chi connectivity index (χ2n) is 4.89. The minimum Gasteiger partial charge on any atom is -0.308 e. The third-order valence-electron chi connectivity index (χ3n) is 2.86. The number of fused-ring (bicyclic) bond motifs is 1. The summed E-state index contributed by atoms with van der Waals surface area (Å²) in [4.78, 5) is 8.80. The van der Waals surface area contributed by atoms with E-state index in [0.29, 0.717) is 17.0 Å². The van der Waals surface area contributed by atoms with Crippen LogP contribution in [0, 0.1) is 0 Å². The van der Waals surface area contributed by atoms with Crippen molar-refractivity contribution in [3.8, 4) is 0 Å². The van der Waals surface area contributed by atoms with Gasteiger partial charge in [0.1, 0.15) is 21.2 Å². The van der Waals surface area contributed by atoms with E-state index >= 15 is 0 Å². The summed E-state index contributed by atoms with van der Waals surface area (Å²) < 4.78 is 25.7. The first-order valence-corrected chi connectivity index (χ1v) is 9.33. The Balaban J connectivity index is 2.62. The normalized spacial score (nSPS) is 15.4. The summed E-state index contributed by atoms with van der Waals surface area (Å²) in [6.45, 7) is 3.64. The molecule has 0 saturated heterocycles. The largest absolute Gasteiger partial charge is 0.308 e. The summed E-state index contributed by atoms with van der Waals surface area (Å²) in [6, 6.07) is 1.56. The molecule has 0 aliphatic heterocycles. The number of pyridine rings is 1. The van der Waals surface area contributed by atoms with Gasteiger partial charge in [-0.25, -0.2) is 18.4 Å². The van der Waals surface area contributed by atoms with Gasteiger partial charge in [0.25, 0.3) is 0 Å². The van der Waals surface area contributed by atoms with Gasteiger partial charge in [0.15, 0.2) is 5.65 Å². The van der Waals surface area contributed by atoms with Crippen LogP contribution in [0.25, 0.3) is 11.2 Å². The lowest BCUT2D eigenvalue weighted by atomic mass is 10.3. The highest BCUT2D eigenvalue weighted by Gasteiger charge is 2.22. The van der Waals surface area contributed by atoms with Crippen LogP contribution in [-0.2, 0) is 9.84 Å². The lowest BCUT2D eigenvalue weighted by Gasteiger charge is -2.17. The molecule has 8 heteroatoms. The zero-order valence-electron chi connectivity index (χ0n) is 11.3. The van der Waals surface area contributed by atoms with Gasteiger partial charge in [-0.05, 0) is 35.8 Å². The lowest BCUT2D eigenvalue weighted by Crippen LogP contribution is -2.19. The van der Waals surface area contributed by atoms with E-state index in [2.05, 4.69) is 25.9 Å². The van der Waals surface area contributed by atoms with Gasteiger partial charge in [0, 0.05) is 23.0 Å². The van der Waals surface area contributed by atoms with Crippen LogP contribution in [-0.4, -0.2) is 35.0 Å². The number of hydrogen-bond acceptors (Lipinski definition) is 4. The molecule has 5 nitrogen and oxygen atoms in total. The summed E-state index contributed by atoms with van der Waals surface area (Å²) in [6.07, 6.45) is 2.88. The summed E-state index contributed by atoms with van der Waals surface area (Å²) in [5, 5.41) is -0.329. The molecule has 0 aromatic carbocycles. The number of alkyl halides is 1. The third-order valence-corrected chi connectivity index (χ3v) is 4.58. The van der Waals surface area contributed by atoms with E-state index in [1.54, 1.807) is 10.8 Å². The Bertz CT molecular complexity index is 742. The molecular formula is C12H15BrClN3O2S. The Kier molecular flexibility index (Phi) is 4.41. The van der Waals surface area contributed by atoms with Crippen LogP contribution in [0.4, 0.5) is 0 Å². The van der Waals surface area contributed by atoms with Crippen LogP contribution < -0.4 is 0 Å². The van der Waals surface area contributed by atoms with Gasteiger partial charge in [0.2, 0.25) is 0 Å². The molecule has 2 aromatic rings. The van der Waals surface area contributed by atoms with Crippen LogP contribution in [0.15, 0.2) is 16.7 Å². The zero-order valence-corrected chi connectivity index (χ0v) is 14.5. The monoisotopic (exact) mass is 379 g/mol. The summed E-state index contributed by atoms with van der Waals surface area (Å²) in [5.74, 6) is 0.649. The predicted molar refractivity (Wildman–Crippen MR) is 83.9 cm³/mol. The highest BCUT2D eigenvalue weighted by molar-refractivity contribution is 9.10. The molecule has 110 valence electrons. The smallest absolute Gasteiger partial charge is 0.160 e. The zero-order chi connectivity index (χ0) is 15.1. The Morgan fingerprint density at radius 1 is 1.45 bits per heavy atom. The molecule has 0 radical (unpaired) electrons. The van der Waals surface area contributed by atoms with Gasteiger partial charge in [-0.3, -0.25) is 0 Å². The van der Waals surface area contributed by atoms with Gasteiger partial charge in [0.05, 0.1) is 11.1 Å². The minimum atomic E-state index is -3.10. The first-order chi connectivity index (χ1) is 9.19. The Hall–Kier alpha value is -0.660. The maximum atomic E-state index is 11.5. The molecule has 20 heavy (non-hydrogen) atoms. The number of imidazole rings is 1. The molecule has 0 aliphatic rings. The SMILES string of the molecule is CC(Cl)c1nc2cc(Br)cnc2n1C(C)CS(C)(=O)=O. The van der Waals surface area contributed by atoms with Crippen molar-refractivity contribution in [2.45, 2.75) is 25.3 Å². The van der Waals surface area contributed by atoms with E-state index in [4.69, 9.17) is 11.6 Å². The van der Waals surface area contributed by atoms with Gasteiger partial charge in [-0.15, -0.1) is 11.6 Å². The molecule has 0 N–H and O–H groups in total. The molecule has 2 heterocycles. The number of hydrogen-bond donors (Lipinski definition) is 0. The predicted octanol–water partition coefficient (Wildman–Crippen LogP) is 3.10. The maximum absolute atomic E-state index is 11.5.